The number of hydrogen-bond donors (Lipinski definition) is 2. The molecule has 1 aliphatic rings. The van der Waals surface area contributed by atoms with E-state index in [0.717, 1.165) is 17.6 Å². The first-order valence-electron chi connectivity index (χ1n) is 9.76. The number of thioether (sulfide) groups is 1. The van der Waals surface area contributed by atoms with Crippen LogP contribution in [-0.4, -0.2) is 31.1 Å². The molecule has 10 heteroatoms. The van der Waals surface area contributed by atoms with Crippen molar-refractivity contribution in [2.75, 3.05) is 16.8 Å². The summed E-state index contributed by atoms with van der Waals surface area (Å²) < 4.78 is 41.7. The van der Waals surface area contributed by atoms with Crippen molar-refractivity contribution in [3.05, 3.63) is 63.5 Å². The Morgan fingerprint density at radius 1 is 1.29 bits per heavy atom. The predicted molar refractivity (Wildman–Crippen MR) is 114 cm³/mol. The van der Waals surface area contributed by atoms with Crippen molar-refractivity contribution in [1.29, 1.82) is 0 Å². The normalized spacial score (nSPS) is 16.1. The minimum absolute atomic E-state index is 0.0672. The Labute approximate surface area is 180 Å². The van der Waals surface area contributed by atoms with Gasteiger partial charge in [-0.25, -0.2) is 23.1 Å². The van der Waals surface area contributed by atoms with Crippen LogP contribution in [0.2, 0.25) is 0 Å². The van der Waals surface area contributed by atoms with E-state index in [1.807, 2.05) is 0 Å². The van der Waals surface area contributed by atoms with Crippen molar-refractivity contribution < 1.29 is 18.3 Å². The third-order valence-corrected chi connectivity index (χ3v) is 6.60. The summed E-state index contributed by atoms with van der Waals surface area (Å²) in [7, 11) is 1.57. The van der Waals surface area contributed by atoms with Crippen molar-refractivity contribution in [2.24, 2.45) is 7.05 Å². The minimum Gasteiger partial charge on any atom is -0.385 e. The van der Waals surface area contributed by atoms with Gasteiger partial charge in [-0.3, -0.25) is 9.36 Å². The monoisotopic (exact) mass is 450 g/mol. The van der Waals surface area contributed by atoms with E-state index >= 15 is 0 Å². The maximum Gasteiger partial charge on any atom is 0.266 e. The third kappa shape index (κ3) is 4.01. The zero-order chi connectivity index (χ0) is 22.2. The molecule has 0 atom stereocenters. The van der Waals surface area contributed by atoms with Crippen molar-refractivity contribution in [1.82, 2.24) is 14.5 Å². The maximum atomic E-state index is 14.4. The average Bonchev–Trinajstić information content (AvgIpc) is 2.75. The van der Waals surface area contributed by atoms with Crippen LogP contribution in [0, 0.1) is 5.82 Å². The second-order valence-electron chi connectivity index (χ2n) is 7.50. The summed E-state index contributed by atoms with van der Waals surface area (Å²) in [6, 6.07) is 5.43. The van der Waals surface area contributed by atoms with Crippen LogP contribution < -0.4 is 10.9 Å². The molecule has 3 heterocycles. The first-order valence-corrected chi connectivity index (χ1v) is 10.9. The smallest absolute Gasteiger partial charge is 0.266 e. The fraction of sp³-hybridized carbons (Fsp3) is 0.381. The number of benzene rings is 1. The molecule has 0 radical (unpaired) electrons. The molecule has 0 bridgehead atoms. The summed E-state index contributed by atoms with van der Waals surface area (Å²) in [4.78, 5) is 21.3. The SMILES string of the molecule is Cn1c(=O)c(C2(O)CCSCC2)cc2c(NCc3cccc(C(F)F)c3F)ncnc21. The average molecular weight is 450 g/mol. The quantitative estimate of drug-likeness (QED) is 0.617. The number of alkyl halides is 2. The molecule has 0 saturated carbocycles. The highest BCUT2D eigenvalue weighted by molar-refractivity contribution is 7.99. The third-order valence-electron chi connectivity index (χ3n) is 5.62. The fourth-order valence-electron chi connectivity index (χ4n) is 3.81. The fourth-order valence-corrected chi connectivity index (χ4v) is 4.97. The molecule has 6 nitrogen and oxygen atoms in total. The summed E-state index contributed by atoms with van der Waals surface area (Å²) in [6.07, 6.45) is -0.728. The van der Waals surface area contributed by atoms with Crippen LogP contribution in [-0.2, 0) is 19.2 Å². The number of hydrogen-bond acceptors (Lipinski definition) is 6. The molecule has 1 aliphatic heterocycles. The topological polar surface area (TPSA) is 80.0 Å². The van der Waals surface area contributed by atoms with Gasteiger partial charge in [0, 0.05) is 24.7 Å². The molecular weight excluding hydrogens is 429 g/mol. The van der Waals surface area contributed by atoms with Gasteiger partial charge < -0.3 is 10.4 Å². The number of halogens is 3. The lowest BCUT2D eigenvalue weighted by atomic mass is 9.88. The van der Waals surface area contributed by atoms with Gasteiger partial charge in [-0.2, -0.15) is 11.8 Å². The Hall–Kier alpha value is -2.59. The standard InChI is InChI=1S/C21H21F3N4O2S/c1-28-19-14(9-15(20(28)29)21(30)5-7-31-8-6-21)18(26-11-27-19)25-10-12-3-2-4-13(16(12)22)17(23)24/h2-4,9,11,17,30H,5-8,10H2,1H3,(H,25,26,27). The summed E-state index contributed by atoms with van der Waals surface area (Å²) in [5.74, 6) is 0.838. The molecule has 0 unspecified atom stereocenters. The highest BCUT2D eigenvalue weighted by Gasteiger charge is 2.35. The van der Waals surface area contributed by atoms with E-state index in [0.29, 0.717) is 29.7 Å². The number of rotatable bonds is 5. The number of pyridine rings is 1. The zero-order valence-electron chi connectivity index (χ0n) is 16.7. The van der Waals surface area contributed by atoms with Gasteiger partial charge in [0.1, 0.15) is 23.6 Å². The van der Waals surface area contributed by atoms with Crippen LogP contribution in [0.5, 0.6) is 0 Å². The highest BCUT2D eigenvalue weighted by Crippen LogP contribution is 2.35. The van der Waals surface area contributed by atoms with E-state index in [-0.39, 0.29) is 23.2 Å². The summed E-state index contributed by atoms with van der Waals surface area (Å²) in [6.45, 7) is -0.0857. The second kappa shape index (κ2) is 8.51. The number of aryl methyl sites for hydroxylation is 1. The Morgan fingerprint density at radius 3 is 2.74 bits per heavy atom. The van der Waals surface area contributed by atoms with Crippen molar-refractivity contribution in [3.63, 3.8) is 0 Å². The Bertz CT molecular complexity index is 1180. The first kappa shape index (κ1) is 21.6. The lowest BCUT2D eigenvalue weighted by Gasteiger charge is -2.32. The van der Waals surface area contributed by atoms with Gasteiger partial charge in [-0.15, -0.1) is 0 Å². The number of anilines is 1. The number of nitrogens with one attached hydrogen (secondary N) is 1. The van der Waals surface area contributed by atoms with Gasteiger partial charge in [-0.1, -0.05) is 18.2 Å². The van der Waals surface area contributed by atoms with Crippen molar-refractivity contribution in [2.45, 2.75) is 31.4 Å². The second-order valence-corrected chi connectivity index (χ2v) is 8.73. The first-order chi connectivity index (χ1) is 14.8. The van der Waals surface area contributed by atoms with Crippen LogP contribution >= 0.6 is 11.8 Å². The van der Waals surface area contributed by atoms with E-state index in [1.165, 1.54) is 23.0 Å². The van der Waals surface area contributed by atoms with E-state index < -0.39 is 23.4 Å². The molecule has 0 aliphatic carbocycles. The Balaban J connectivity index is 1.74. The van der Waals surface area contributed by atoms with Gasteiger partial charge in [0.25, 0.3) is 12.0 Å². The van der Waals surface area contributed by atoms with Crippen LogP contribution in [0.4, 0.5) is 19.0 Å². The van der Waals surface area contributed by atoms with E-state index in [2.05, 4.69) is 15.3 Å². The maximum absolute atomic E-state index is 14.4. The number of nitrogens with zero attached hydrogens (tertiary/aromatic N) is 3. The van der Waals surface area contributed by atoms with Crippen LogP contribution in [0.1, 0.15) is 36.0 Å². The number of fused-ring (bicyclic) bond motifs is 1. The molecule has 4 rings (SSSR count). The van der Waals surface area contributed by atoms with Crippen LogP contribution in [0.3, 0.4) is 0 Å². The van der Waals surface area contributed by atoms with Gasteiger partial charge in [0.15, 0.2) is 0 Å². The van der Waals surface area contributed by atoms with Gasteiger partial charge in [-0.05, 0) is 30.4 Å². The minimum atomic E-state index is -2.91. The van der Waals surface area contributed by atoms with Gasteiger partial charge in [0.2, 0.25) is 0 Å². The molecule has 3 aromatic rings. The Kier molecular flexibility index (Phi) is 5.94. The van der Waals surface area contributed by atoms with E-state index in [4.69, 9.17) is 0 Å². The van der Waals surface area contributed by atoms with Crippen LogP contribution in [0.25, 0.3) is 11.0 Å². The summed E-state index contributed by atoms with van der Waals surface area (Å²) in [5.41, 5.74) is -1.54. The van der Waals surface area contributed by atoms with Gasteiger partial charge >= 0.3 is 0 Å². The largest absolute Gasteiger partial charge is 0.385 e. The summed E-state index contributed by atoms with van der Waals surface area (Å²) >= 11 is 1.72. The number of aromatic nitrogens is 3. The lowest BCUT2D eigenvalue weighted by Crippen LogP contribution is -2.38. The highest BCUT2D eigenvalue weighted by atomic mass is 32.2. The van der Waals surface area contributed by atoms with Gasteiger partial charge in [0.05, 0.1) is 16.6 Å². The Morgan fingerprint density at radius 2 is 2.03 bits per heavy atom. The molecule has 164 valence electrons. The molecular formula is C21H21F3N4O2S. The molecule has 2 aromatic heterocycles. The molecule has 1 saturated heterocycles. The molecule has 31 heavy (non-hydrogen) atoms. The molecule has 0 amide bonds. The lowest BCUT2D eigenvalue weighted by molar-refractivity contribution is 0.0265. The number of aliphatic hydroxyl groups is 1. The summed E-state index contributed by atoms with van der Waals surface area (Å²) in [5, 5.41) is 14.6. The molecule has 0 spiro atoms. The van der Waals surface area contributed by atoms with E-state index in [9.17, 15) is 23.1 Å². The van der Waals surface area contributed by atoms with E-state index in [1.54, 1.807) is 24.9 Å². The molecule has 1 fully saturated rings. The van der Waals surface area contributed by atoms with Crippen molar-refractivity contribution >= 4 is 28.6 Å². The molecule has 1 aromatic carbocycles. The van der Waals surface area contributed by atoms with Crippen LogP contribution in [0.15, 0.2) is 35.4 Å². The predicted octanol–water partition coefficient (Wildman–Crippen LogP) is 3.73. The zero-order valence-corrected chi connectivity index (χ0v) is 17.6. The molecule has 2 N–H and O–H groups in total. The van der Waals surface area contributed by atoms with Crippen molar-refractivity contribution in [3.8, 4) is 0 Å².